The third-order valence-corrected chi connectivity index (χ3v) is 4.86. The van der Waals surface area contributed by atoms with Crippen LogP contribution in [0.4, 0.5) is 0 Å². The van der Waals surface area contributed by atoms with E-state index in [0.29, 0.717) is 28.9 Å². The van der Waals surface area contributed by atoms with Gasteiger partial charge in [0, 0.05) is 25.5 Å². The van der Waals surface area contributed by atoms with Gasteiger partial charge in [0.2, 0.25) is 0 Å². The molecule has 1 amide bonds. The Morgan fingerprint density at radius 3 is 2.96 bits per heavy atom. The first-order valence-corrected chi connectivity index (χ1v) is 8.73. The third-order valence-electron chi connectivity index (χ3n) is 3.88. The molecule has 1 saturated heterocycles. The Labute approximate surface area is 139 Å². The van der Waals surface area contributed by atoms with Gasteiger partial charge in [-0.05, 0) is 32.3 Å². The van der Waals surface area contributed by atoms with Gasteiger partial charge in [-0.1, -0.05) is 0 Å². The number of hydrogen-bond acceptors (Lipinski definition) is 6. The topological polar surface area (TPSA) is 68.2 Å². The van der Waals surface area contributed by atoms with E-state index >= 15 is 0 Å². The van der Waals surface area contributed by atoms with Crippen molar-refractivity contribution in [3.63, 3.8) is 0 Å². The molecule has 1 aliphatic heterocycles. The van der Waals surface area contributed by atoms with Gasteiger partial charge in [-0.25, -0.2) is 15.0 Å². The maximum Gasteiger partial charge on any atom is 0.265 e. The van der Waals surface area contributed by atoms with Crippen LogP contribution in [-0.2, 0) is 4.74 Å². The number of aromatic nitrogens is 3. The zero-order chi connectivity index (χ0) is 16.1. The molecule has 0 saturated carbocycles. The molecule has 0 N–H and O–H groups in total. The lowest BCUT2D eigenvalue weighted by molar-refractivity contribution is 0.0346. The van der Waals surface area contributed by atoms with Crippen LogP contribution in [-0.4, -0.2) is 51.6 Å². The molecule has 1 aliphatic rings. The van der Waals surface area contributed by atoms with Gasteiger partial charge in [-0.2, -0.15) is 0 Å². The molecule has 122 valence electrons. The molecule has 1 atom stereocenters. The second-order valence-corrected chi connectivity index (χ2v) is 6.44. The summed E-state index contributed by atoms with van der Waals surface area (Å²) in [5, 5.41) is 0.673. The summed E-state index contributed by atoms with van der Waals surface area (Å²) < 4.78 is 5.54. The molecule has 2 aromatic heterocycles. The van der Waals surface area contributed by atoms with Crippen molar-refractivity contribution in [2.45, 2.75) is 32.2 Å². The Morgan fingerprint density at radius 2 is 2.17 bits per heavy atom. The lowest BCUT2D eigenvalue weighted by atomic mass is 10.0. The number of ether oxygens (including phenoxy) is 1. The normalized spacial score (nSPS) is 18.1. The number of rotatable bonds is 5. The van der Waals surface area contributed by atoms with Gasteiger partial charge in [-0.15, -0.1) is 11.3 Å². The van der Waals surface area contributed by atoms with E-state index in [1.54, 1.807) is 24.7 Å². The SMILES string of the molecule is CCOCC1CCCCN1C(=O)c1cnc(-c2ncccn2)s1. The van der Waals surface area contributed by atoms with Gasteiger partial charge in [0.05, 0.1) is 18.8 Å². The number of amides is 1. The van der Waals surface area contributed by atoms with Crippen LogP contribution in [0.5, 0.6) is 0 Å². The fraction of sp³-hybridized carbons (Fsp3) is 0.500. The van der Waals surface area contributed by atoms with E-state index in [1.807, 2.05) is 11.8 Å². The van der Waals surface area contributed by atoms with E-state index in [-0.39, 0.29) is 11.9 Å². The van der Waals surface area contributed by atoms with Crippen LogP contribution in [0.3, 0.4) is 0 Å². The summed E-state index contributed by atoms with van der Waals surface area (Å²) in [6.45, 7) is 4.04. The maximum atomic E-state index is 12.8. The van der Waals surface area contributed by atoms with Gasteiger partial charge in [0.15, 0.2) is 10.8 Å². The minimum Gasteiger partial charge on any atom is -0.380 e. The molecule has 0 aliphatic carbocycles. The van der Waals surface area contributed by atoms with Crippen molar-refractivity contribution < 1.29 is 9.53 Å². The summed E-state index contributed by atoms with van der Waals surface area (Å²) in [5.74, 6) is 0.593. The van der Waals surface area contributed by atoms with Crippen molar-refractivity contribution in [1.82, 2.24) is 19.9 Å². The highest BCUT2D eigenvalue weighted by Crippen LogP contribution is 2.26. The third kappa shape index (κ3) is 3.73. The molecular formula is C16H20N4O2S. The van der Waals surface area contributed by atoms with Crippen molar-refractivity contribution in [3.05, 3.63) is 29.5 Å². The molecular weight excluding hydrogens is 312 g/mol. The van der Waals surface area contributed by atoms with Gasteiger partial charge < -0.3 is 9.64 Å². The number of carbonyl (C=O) groups excluding carboxylic acids is 1. The first-order chi connectivity index (χ1) is 11.3. The second-order valence-electron chi connectivity index (χ2n) is 5.41. The highest BCUT2D eigenvalue weighted by atomic mass is 32.1. The molecule has 0 aromatic carbocycles. The number of thiazole rings is 1. The van der Waals surface area contributed by atoms with Gasteiger partial charge in [0.1, 0.15) is 4.88 Å². The summed E-state index contributed by atoms with van der Waals surface area (Å²) in [5.41, 5.74) is 0. The average Bonchev–Trinajstić information content (AvgIpc) is 3.10. The average molecular weight is 332 g/mol. The first kappa shape index (κ1) is 16.0. The molecule has 0 bridgehead atoms. The van der Waals surface area contributed by atoms with Crippen LogP contribution < -0.4 is 0 Å². The Kier molecular flexibility index (Phi) is 5.30. The second kappa shape index (κ2) is 7.61. The van der Waals surface area contributed by atoms with Gasteiger partial charge in [-0.3, -0.25) is 4.79 Å². The summed E-state index contributed by atoms with van der Waals surface area (Å²) >= 11 is 1.35. The Bertz CT molecular complexity index is 647. The zero-order valence-corrected chi connectivity index (χ0v) is 14.0. The minimum atomic E-state index is 0.0362. The fourth-order valence-electron chi connectivity index (χ4n) is 2.72. The van der Waals surface area contributed by atoms with Crippen molar-refractivity contribution in [1.29, 1.82) is 0 Å². The van der Waals surface area contributed by atoms with E-state index in [9.17, 15) is 4.79 Å². The number of likely N-dealkylation sites (tertiary alicyclic amines) is 1. The first-order valence-electron chi connectivity index (χ1n) is 7.91. The number of piperidine rings is 1. The van der Waals surface area contributed by atoms with E-state index < -0.39 is 0 Å². The minimum absolute atomic E-state index is 0.0362. The summed E-state index contributed by atoms with van der Waals surface area (Å²) in [6, 6.07) is 1.92. The van der Waals surface area contributed by atoms with E-state index in [4.69, 9.17) is 4.74 Å². The lowest BCUT2D eigenvalue weighted by Crippen LogP contribution is -2.45. The lowest BCUT2D eigenvalue weighted by Gasteiger charge is -2.35. The van der Waals surface area contributed by atoms with Gasteiger partial charge >= 0.3 is 0 Å². The Balaban J connectivity index is 1.75. The molecule has 1 unspecified atom stereocenters. The fourth-order valence-corrected chi connectivity index (χ4v) is 3.54. The highest BCUT2D eigenvalue weighted by molar-refractivity contribution is 7.16. The van der Waals surface area contributed by atoms with E-state index in [0.717, 1.165) is 25.8 Å². The quantitative estimate of drug-likeness (QED) is 0.842. The predicted molar refractivity (Wildman–Crippen MR) is 88.3 cm³/mol. The molecule has 23 heavy (non-hydrogen) atoms. The molecule has 3 rings (SSSR count). The van der Waals surface area contributed by atoms with E-state index in [1.165, 1.54) is 11.3 Å². The van der Waals surface area contributed by atoms with Crippen LogP contribution in [0.1, 0.15) is 35.9 Å². The zero-order valence-electron chi connectivity index (χ0n) is 13.1. The largest absolute Gasteiger partial charge is 0.380 e. The molecule has 1 fully saturated rings. The van der Waals surface area contributed by atoms with Crippen molar-refractivity contribution in [2.75, 3.05) is 19.8 Å². The molecule has 0 spiro atoms. The van der Waals surface area contributed by atoms with Crippen LogP contribution >= 0.6 is 11.3 Å². The van der Waals surface area contributed by atoms with Crippen LogP contribution in [0.2, 0.25) is 0 Å². The standard InChI is InChI=1S/C16H20N4O2S/c1-2-22-11-12-6-3-4-9-20(12)16(21)13-10-19-15(23-13)14-17-7-5-8-18-14/h5,7-8,10,12H,2-4,6,9,11H2,1H3. The highest BCUT2D eigenvalue weighted by Gasteiger charge is 2.28. The van der Waals surface area contributed by atoms with E-state index in [2.05, 4.69) is 15.0 Å². The number of hydrogen-bond donors (Lipinski definition) is 0. The van der Waals surface area contributed by atoms with Crippen molar-refractivity contribution in [2.24, 2.45) is 0 Å². The number of carbonyl (C=O) groups is 1. The van der Waals surface area contributed by atoms with Crippen LogP contribution in [0.15, 0.2) is 24.7 Å². The van der Waals surface area contributed by atoms with Crippen LogP contribution in [0.25, 0.3) is 10.8 Å². The summed E-state index contributed by atoms with van der Waals surface area (Å²) in [6.07, 6.45) is 8.17. The monoisotopic (exact) mass is 332 g/mol. The Morgan fingerprint density at radius 1 is 1.35 bits per heavy atom. The smallest absolute Gasteiger partial charge is 0.265 e. The predicted octanol–water partition coefficient (Wildman–Crippen LogP) is 2.63. The molecule has 3 heterocycles. The summed E-state index contributed by atoms with van der Waals surface area (Å²) in [4.78, 5) is 28.1. The van der Waals surface area contributed by atoms with Crippen LogP contribution in [0, 0.1) is 0 Å². The van der Waals surface area contributed by atoms with Crippen molar-refractivity contribution in [3.8, 4) is 10.8 Å². The molecule has 2 aromatic rings. The molecule has 0 radical (unpaired) electrons. The summed E-state index contributed by atoms with van der Waals surface area (Å²) in [7, 11) is 0. The molecule has 6 nitrogen and oxygen atoms in total. The maximum absolute atomic E-state index is 12.8. The molecule has 7 heteroatoms. The van der Waals surface area contributed by atoms with Crippen molar-refractivity contribution >= 4 is 17.2 Å². The Hall–Kier alpha value is -1.86. The number of nitrogens with zero attached hydrogens (tertiary/aromatic N) is 4. The van der Waals surface area contributed by atoms with Gasteiger partial charge in [0.25, 0.3) is 5.91 Å².